The Balaban J connectivity index is 1.35. The fourth-order valence-corrected chi connectivity index (χ4v) is 4.34. The third kappa shape index (κ3) is 4.66. The van der Waals surface area contributed by atoms with E-state index in [1.807, 2.05) is 41.5 Å². The van der Waals surface area contributed by atoms with Gasteiger partial charge in [-0.25, -0.2) is 4.98 Å². The van der Waals surface area contributed by atoms with Gasteiger partial charge in [0, 0.05) is 24.6 Å². The molecule has 0 bridgehead atoms. The number of imidazole rings is 1. The van der Waals surface area contributed by atoms with Crippen molar-refractivity contribution < 1.29 is 9.53 Å². The fraction of sp³-hybridized carbons (Fsp3) is 0.296. The zero-order chi connectivity index (χ0) is 22.9. The number of hydrogen-bond acceptors (Lipinski definition) is 4. The number of hydrogen-bond donors (Lipinski definition) is 0. The van der Waals surface area contributed by atoms with Gasteiger partial charge in [-0.05, 0) is 68.1 Å². The molecule has 1 unspecified atom stereocenters. The molecule has 1 fully saturated rings. The van der Waals surface area contributed by atoms with Crippen LogP contribution in [0.4, 0.5) is 0 Å². The van der Waals surface area contributed by atoms with Crippen molar-refractivity contribution in [2.75, 3.05) is 19.7 Å². The Kier molecular flexibility index (Phi) is 5.68. The molecule has 0 spiro atoms. The Morgan fingerprint density at radius 3 is 2.64 bits per heavy atom. The summed E-state index contributed by atoms with van der Waals surface area (Å²) in [5, 5.41) is 0. The van der Waals surface area contributed by atoms with Crippen LogP contribution in [0, 0.1) is 20.8 Å². The van der Waals surface area contributed by atoms with Gasteiger partial charge in [-0.3, -0.25) is 9.78 Å². The highest BCUT2D eigenvalue weighted by molar-refractivity contribution is 5.93. The number of morpholine rings is 1. The molecular weight excluding hydrogens is 412 g/mol. The van der Waals surface area contributed by atoms with Crippen LogP contribution in [0.5, 0.6) is 0 Å². The lowest BCUT2D eigenvalue weighted by molar-refractivity contribution is -0.0249. The number of nitrogens with zero attached hydrogens (tertiary/aromatic N) is 4. The first kappa shape index (κ1) is 21.3. The summed E-state index contributed by atoms with van der Waals surface area (Å²) in [6.07, 6.45) is 4.32. The summed E-state index contributed by atoms with van der Waals surface area (Å²) in [6, 6.07) is 16.8. The van der Waals surface area contributed by atoms with Crippen LogP contribution < -0.4 is 0 Å². The maximum absolute atomic E-state index is 13.2. The Bertz CT molecular complexity index is 1310. The van der Waals surface area contributed by atoms with Gasteiger partial charge in [0.25, 0.3) is 5.91 Å². The van der Waals surface area contributed by atoms with Crippen LogP contribution in [-0.4, -0.2) is 44.9 Å². The number of benzene rings is 1. The van der Waals surface area contributed by atoms with Crippen molar-refractivity contribution in [2.24, 2.45) is 0 Å². The maximum atomic E-state index is 13.2. The fourth-order valence-electron chi connectivity index (χ4n) is 4.34. The second-order valence-electron chi connectivity index (χ2n) is 8.91. The van der Waals surface area contributed by atoms with E-state index in [1.165, 1.54) is 16.7 Å². The lowest BCUT2D eigenvalue weighted by Crippen LogP contribution is -2.42. The van der Waals surface area contributed by atoms with Gasteiger partial charge in [0.2, 0.25) is 0 Å². The smallest absolute Gasteiger partial charge is 0.274 e. The summed E-state index contributed by atoms with van der Waals surface area (Å²) in [5.41, 5.74) is 7.90. The largest absolute Gasteiger partial charge is 0.368 e. The summed E-state index contributed by atoms with van der Waals surface area (Å²) in [6.45, 7) is 7.61. The first-order valence-electron chi connectivity index (χ1n) is 11.3. The van der Waals surface area contributed by atoms with Crippen LogP contribution >= 0.6 is 0 Å². The van der Waals surface area contributed by atoms with Crippen molar-refractivity contribution in [3.8, 4) is 0 Å². The van der Waals surface area contributed by atoms with Crippen LogP contribution in [0.15, 0.2) is 60.9 Å². The molecule has 33 heavy (non-hydrogen) atoms. The van der Waals surface area contributed by atoms with Crippen molar-refractivity contribution in [2.45, 2.75) is 33.3 Å². The monoisotopic (exact) mass is 440 g/mol. The normalized spacial score (nSPS) is 16.3. The molecule has 1 aromatic carbocycles. The number of carbonyl (C=O) groups excluding carboxylic acids is 1. The molecule has 1 amide bonds. The third-order valence-corrected chi connectivity index (χ3v) is 6.08. The van der Waals surface area contributed by atoms with Crippen molar-refractivity contribution in [3.63, 3.8) is 0 Å². The van der Waals surface area contributed by atoms with Crippen molar-refractivity contribution in [1.82, 2.24) is 19.3 Å². The molecule has 1 atom stereocenters. The second-order valence-corrected chi connectivity index (χ2v) is 8.91. The molecule has 0 aliphatic carbocycles. The van der Waals surface area contributed by atoms with Crippen molar-refractivity contribution in [1.29, 1.82) is 0 Å². The van der Waals surface area contributed by atoms with Gasteiger partial charge in [-0.15, -0.1) is 0 Å². The lowest BCUT2D eigenvalue weighted by atomic mass is 10.0. The molecule has 1 aliphatic rings. The molecular formula is C27H28N4O2. The maximum Gasteiger partial charge on any atom is 0.274 e. The summed E-state index contributed by atoms with van der Waals surface area (Å²) in [4.78, 5) is 24.3. The predicted octanol–water partition coefficient (Wildman–Crippen LogP) is 4.46. The quantitative estimate of drug-likeness (QED) is 0.470. The molecule has 4 heterocycles. The molecule has 1 saturated heterocycles. The SMILES string of the molecule is Cc1ccc(Cc2cc(C)nc(C3CN(C(=O)c4cn5ccc(C)cc5n4)CCO3)c2)cc1. The number of rotatable bonds is 4. The summed E-state index contributed by atoms with van der Waals surface area (Å²) in [7, 11) is 0. The van der Waals surface area contributed by atoms with Crippen LogP contribution in [0.3, 0.4) is 0 Å². The van der Waals surface area contributed by atoms with Crippen molar-refractivity contribution >= 4 is 11.6 Å². The number of fused-ring (bicyclic) bond motifs is 1. The average molecular weight is 441 g/mol. The van der Waals surface area contributed by atoms with E-state index in [0.717, 1.165) is 29.0 Å². The second kappa shape index (κ2) is 8.79. The number of amides is 1. The number of aromatic nitrogens is 3. The minimum atomic E-state index is -0.251. The molecule has 3 aromatic heterocycles. The molecule has 0 radical (unpaired) electrons. The Labute approximate surface area is 193 Å². The van der Waals surface area contributed by atoms with Crippen LogP contribution in [0.1, 0.15) is 50.2 Å². The van der Waals surface area contributed by atoms with E-state index < -0.39 is 0 Å². The van der Waals surface area contributed by atoms with E-state index in [-0.39, 0.29) is 12.0 Å². The van der Waals surface area contributed by atoms with Crippen LogP contribution in [0.2, 0.25) is 0 Å². The standard InChI is InChI=1S/C27H28N4O2/c1-18-4-6-21(7-5-18)14-22-13-20(3)28-23(15-22)25-17-31(10-11-33-25)27(32)24-16-30-9-8-19(2)12-26(30)29-24/h4-9,12-13,15-16,25H,10-11,14,17H2,1-3H3. The average Bonchev–Trinajstić information content (AvgIpc) is 3.23. The number of ether oxygens (including phenoxy) is 1. The summed E-state index contributed by atoms with van der Waals surface area (Å²) < 4.78 is 7.94. The molecule has 1 aliphatic heterocycles. The topological polar surface area (TPSA) is 59.7 Å². The molecule has 4 aromatic rings. The Morgan fingerprint density at radius 2 is 1.82 bits per heavy atom. The number of pyridine rings is 2. The van der Waals surface area contributed by atoms with Gasteiger partial charge in [0.15, 0.2) is 0 Å². The van der Waals surface area contributed by atoms with Crippen LogP contribution in [-0.2, 0) is 11.2 Å². The summed E-state index contributed by atoms with van der Waals surface area (Å²) >= 11 is 0. The van der Waals surface area contributed by atoms with Crippen molar-refractivity contribution in [3.05, 3.63) is 100 Å². The highest BCUT2D eigenvalue weighted by atomic mass is 16.5. The van der Waals surface area contributed by atoms with Gasteiger partial charge >= 0.3 is 0 Å². The van der Waals surface area contributed by atoms with E-state index in [1.54, 1.807) is 6.20 Å². The molecule has 168 valence electrons. The molecule has 0 N–H and O–H groups in total. The van der Waals surface area contributed by atoms with Gasteiger partial charge < -0.3 is 14.0 Å². The zero-order valence-corrected chi connectivity index (χ0v) is 19.3. The summed E-state index contributed by atoms with van der Waals surface area (Å²) in [5.74, 6) is -0.0721. The van der Waals surface area contributed by atoms with Gasteiger partial charge in [0.05, 0.1) is 18.8 Å². The van der Waals surface area contributed by atoms with E-state index in [4.69, 9.17) is 9.72 Å². The van der Waals surface area contributed by atoms with E-state index in [9.17, 15) is 4.79 Å². The van der Waals surface area contributed by atoms with Gasteiger partial charge in [0.1, 0.15) is 17.4 Å². The first-order chi connectivity index (χ1) is 15.9. The van der Waals surface area contributed by atoms with Gasteiger partial charge in [-0.1, -0.05) is 29.8 Å². The molecule has 6 heteroatoms. The van der Waals surface area contributed by atoms with E-state index in [2.05, 4.69) is 48.3 Å². The highest BCUT2D eigenvalue weighted by Crippen LogP contribution is 2.24. The first-order valence-corrected chi connectivity index (χ1v) is 11.3. The molecule has 0 saturated carbocycles. The predicted molar refractivity (Wildman–Crippen MR) is 127 cm³/mol. The molecule has 5 rings (SSSR count). The minimum absolute atomic E-state index is 0.0721. The number of aryl methyl sites for hydroxylation is 3. The Morgan fingerprint density at radius 1 is 1.00 bits per heavy atom. The lowest BCUT2D eigenvalue weighted by Gasteiger charge is -2.32. The van der Waals surface area contributed by atoms with E-state index >= 15 is 0 Å². The molecule has 6 nitrogen and oxygen atoms in total. The zero-order valence-electron chi connectivity index (χ0n) is 19.3. The van der Waals surface area contributed by atoms with Crippen LogP contribution in [0.25, 0.3) is 5.65 Å². The third-order valence-electron chi connectivity index (χ3n) is 6.08. The minimum Gasteiger partial charge on any atom is -0.368 e. The number of carbonyl (C=O) groups is 1. The van der Waals surface area contributed by atoms with E-state index in [0.29, 0.717) is 25.4 Å². The highest BCUT2D eigenvalue weighted by Gasteiger charge is 2.28. The van der Waals surface area contributed by atoms with Gasteiger partial charge in [-0.2, -0.15) is 0 Å². The Hall–Kier alpha value is -3.51.